The highest BCUT2D eigenvalue weighted by atomic mass is 79.9. The molecule has 1 unspecified atom stereocenters. The molecular formula is C22H23BrN4O3. The SMILES string of the molecule is CCCN(C(=O)Cn1cnc2ccc(Br)cc2c1=O)C(C)C(=O)Nc1ccccc1. The molecule has 2 amide bonds. The molecule has 7 nitrogen and oxygen atoms in total. The van der Waals surface area contributed by atoms with E-state index in [1.54, 1.807) is 37.3 Å². The molecule has 0 spiro atoms. The third-order valence-corrected chi connectivity index (χ3v) is 5.26. The molecule has 0 fully saturated rings. The van der Waals surface area contributed by atoms with Crippen molar-refractivity contribution in [2.75, 3.05) is 11.9 Å². The average molecular weight is 471 g/mol. The lowest BCUT2D eigenvalue weighted by Gasteiger charge is -2.28. The fraction of sp³-hybridized carbons (Fsp3) is 0.273. The molecule has 0 aliphatic rings. The second-order valence-corrected chi connectivity index (χ2v) is 7.87. The lowest BCUT2D eigenvalue weighted by molar-refractivity contribution is -0.138. The van der Waals surface area contributed by atoms with E-state index >= 15 is 0 Å². The van der Waals surface area contributed by atoms with Gasteiger partial charge in [-0.15, -0.1) is 0 Å². The van der Waals surface area contributed by atoms with E-state index in [2.05, 4.69) is 26.2 Å². The van der Waals surface area contributed by atoms with Crippen LogP contribution in [0.3, 0.4) is 0 Å². The molecule has 1 N–H and O–H groups in total. The van der Waals surface area contributed by atoms with Gasteiger partial charge in [0.1, 0.15) is 12.6 Å². The summed E-state index contributed by atoms with van der Waals surface area (Å²) in [7, 11) is 0. The number of nitrogens with one attached hydrogen (secondary N) is 1. The number of anilines is 1. The van der Waals surface area contributed by atoms with E-state index < -0.39 is 6.04 Å². The molecule has 8 heteroatoms. The zero-order chi connectivity index (χ0) is 21.7. The second-order valence-electron chi connectivity index (χ2n) is 6.96. The summed E-state index contributed by atoms with van der Waals surface area (Å²) in [5.41, 5.74) is 0.930. The minimum absolute atomic E-state index is 0.183. The van der Waals surface area contributed by atoms with Crippen molar-refractivity contribution >= 4 is 44.3 Å². The maximum Gasteiger partial charge on any atom is 0.261 e. The minimum atomic E-state index is -0.684. The number of amides is 2. The summed E-state index contributed by atoms with van der Waals surface area (Å²) in [6.07, 6.45) is 2.06. The Kier molecular flexibility index (Phi) is 6.99. The van der Waals surface area contributed by atoms with Crippen LogP contribution in [0.5, 0.6) is 0 Å². The van der Waals surface area contributed by atoms with Crippen LogP contribution in [0.2, 0.25) is 0 Å². The largest absolute Gasteiger partial charge is 0.329 e. The van der Waals surface area contributed by atoms with Gasteiger partial charge in [-0.2, -0.15) is 0 Å². The van der Waals surface area contributed by atoms with Gasteiger partial charge >= 0.3 is 0 Å². The van der Waals surface area contributed by atoms with E-state index in [0.29, 0.717) is 29.6 Å². The fourth-order valence-electron chi connectivity index (χ4n) is 3.17. The Hall–Kier alpha value is -3.00. The van der Waals surface area contributed by atoms with E-state index in [4.69, 9.17) is 0 Å². The summed E-state index contributed by atoms with van der Waals surface area (Å²) in [6, 6.07) is 13.6. The molecular weight excluding hydrogens is 448 g/mol. The summed E-state index contributed by atoms with van der Waals surface area (Å²) in [5.74, 6) is -0.596. The van der Waals surface area contributed by atoms with Gasteiger partial charge in [0.2, 0.25) is 11.8 Å². The summed E-state index contributed by atoms with van der Waals surface area (Å²) in [5, 5.41) is 3.25. The first-order chi connectivity index (χ1) is 14.4. The van der Waals surface area contributed by atoms with Gasteiger partial charge in [0.25, 0.3) is 5.56 Å². The molecule has 3 aromatic rings. The van der Waals surface area contributed by atoms with Crippen LogP contribution >= 0.6 is 15.9 Å². The molecule has 156 valence electrons. The van der Waals surface area contributed by atoms with E-state index in [-0.39, 0.29) is 23.9 Å². The van der Waals surface area contributed by atoms with Crippen molar-refractivity contribution in [3.63, 3.8) is 0 Å². The number of benzene rings is 2. The molecule has 0 bridgehead atoms. The molecule has 0 saturated heterocycles. The quantitative estimate of drug-likeness (QED) is 0.573. The zero-order valence-electron chi connectivity index (χ0n) is 16.8. The monoisotopic (exact) mass is 470 g/mol. The van der Waals surface area contributed by atoms with Crippen LogP contribution in [0.1, 0.15) is 20.3 Å². The van der Waals surface area contributed by atoms with Gasteiger partial charge in [0.15, 0.2) is 0 Å². The van der Waals surface area contributed by atoms with Crippen molar-refractivity contribution in [3.8, 4) is 0 Å². The molecule has 1 aromatic heterocycles. The van der Waals surface area contributed by atoms with E-state index in [9.17, 15) is 14.4 Å². The predicted octanol–water partition coefficient (Wildman–Crippen LogP) is 3.42. The lowest BCUT2D eigenvalue weighted by atomic mass is 10.2. The Bertz CT molecular complexity index is 1110. The van der Waals surface area contributed by atoms with Gasteiger partial charge in [-0.3, -0.25) is 19.0 Å². The Morgan fingerprint density at radius 2 is 1.93 bits per heavy atom. The van der Waals surface area contributed by atoms with E-state index in [1.165, 1.54) is 15.8 Å². The molecule has 2 aromatic carbocycles. The lowest BCUT2D eigenvalue weighted by Crippen LogP contribution is -2.47. The second kappa shape index (κ2) is 9.67. The van der Waals surface area contributed by atoms with Crippen molar-refractivity contribution in [1.82, 2.24) is 14.5 Å². The van der Waals surface area contributed by atoms with Crippen LogP contribution in [0.25, 0.3) is 10.9 Å². The third-order valence-electron chi connectivity index (χ3n) is 4.76. The summed E-state index contributed by atoms with van der Waals surface area (Å²) in [4.78, 5) is 44.2. The minimum Gasteiger partial charge on any atom is -0.329 e. The van der Waals surface area contributed by atoms with Gasteiger partial charge in [-0.25, -0.2) is 4.98 Å². The first-order valence-electron chi connectivity index (χ1n) is 9.70. The normalized spacial score (nSPS) is 11.8. The number of hydrogen-bond donors (Lipinski definition) is 1. The number of halogens is 1. The maximum atomic E-state index is 13.0. The van der Waals surface area contributed by atoms with Crippen LogP contribution in [-0.2, 0) is 16.1 Å². The van der Waals surface area contributed by atoms with Crippen LogP contribution in [-0.4, -0.2) is 38.9 Å². The van der Waals surface area contributed by atoms with Crippen LogP contribution < -0.4 is 10.9 Å². The van der Waals surface area contributed by atoms with Crippen molar-refractivity contribution in [3.05, 3.63) is 69.7 Å². The van der Waals surface area contributed by atoms with E-state index in [1.807, 2.05) is 25.1 Å². The molecule has 1 heterocycles. The molecule has 0 radical (unpaired) electrons. The number of carbonyl (C=O) groups is 2. The number of fused-ring (bicyclic) bond motifs is 1. The highest BCUT2D eigenvalue weighted by molar-refractivity contribution is 9.10. The third kappa shape index (κ3) is 4.94. The molecule has 0 aliphatic carbocycles. The standard InChI is InChI=1S/C22H23BrN4O3/c1-3-11-27(15(2)21(29)25-17-7-5-4-6-8-17)20(28)13-26-14-24-19-10-9-16(23)12-18(19)22(26)30/h4-10,12,14-15H,3,11,13H2,1-2H3,(H,25,29). The highest BCUT2D eigenvalue weighted by Gasteiger charge is 2.26. The maximum absolute atomic E-state index is 13.0. The molecule has 0 aliphatic heterocycles. The van der Waals surface area contributed by atoms with Gasteiger partial charge in [0.05, 0.1) is 17.2 Å². The van der Waals surface area contributed by atoms with Gasteiger partial charge in [0, 0.05) is 16.7 Å². The van der Waals surface area contributed by atoms with Crippen LogP contribution in [0, 0.1) is 0 Å². The van der Waals surface area contributed by atoms with Gasteiger partial charge in [-0.05, 0) is 43.7 Å². The average Bonchev–Trinajstić information content (AvgIpc) is 2.74. The first kappa shape index (κ1) is 21.7. The Balaban J connectivity index is 1.80. The summed E-state index contributed by atoms with van der Waals surface area (Å²) < 4.78 is 2.04. The zero-order valence-corrected chi connectivity index (χ0v) is 18.4. The Morgan fingerprint density at radius 3 is 2.63 bits per heavy atom. The van der Waals surface area contributed by atoms with Crippen molar-refractivity contribution < 1.29 is 9.59 Å². The first-order valence-corrected chi connectivity index (χ1v) is 10.5. The fourth-order valence-corrected chi connectivity index (χ4v) is 3.53. The molecule has 30 heavy (non-hydrogen) atoms. The van der Waals surface area contributed by atoms with Crippen molar-refractivity contribution in [2.24, 2.45) is 0 Å². The Morgan fingerprint density at radius 1 is 1.20 bits per heavy atom. The number of aromatic nitrogens is 2. The van der Waals surface area contributed by atoms with Crippen molar-refractivity contribution in [2.45, 2.75) is 32.9 Å². The number of hydrogen-bond acceptors (Lipinski definition) is 4. The summed E-state index contributed by atoms with van der Waals surface area (Å²) >= 11 is 3.35. The van der Waals surface area contributed by atoms with Crippen LogP contribution in [0.4, 0.5) is 5.69 Å². The van der Waals surface area contributed by atoms with Crippen molar-refractivity contribution in [1.29, 1.82) is 0 Å². The van der Waals surface area contributed by atoms with E-state index in [0.717, 1.165) is 4.47 Å². The topological polar surface area (TPSA) is 84.3 Å². The van der Waals surface area contributed by atoms with Gasteiger partial charge in [-0.1, -0.05) is 41.1 Å². The number of carbonyl (C=O) groups excluding carboxylic acids is 2. The number of nitrogens with zero attached hydrogens (tertiary/aromatic N) is 3. The summed E-state index contributed by atoms with van der Waals surface area (Å²) in [6.45, 7) is 3.84. The Labute approximate surface area is 182 Å². The predicted molar refractivity (Wildman–Crippen MR) is 120 cm³/mol. The van der Waals surface area contributed by atoms with Gasteiger partial charge < -0.3 is 10.2 Å². The molecule has 3 rings (SSSR count). The number of rotatable bonds is 7. The molecule has 1 atom stereocenters. The molecule has 0 saturated carbocycles. The highest BCUT2D eigenvalue weighted by Crippen LogP contribution is 2.15. The smallest absolute Gasteiger partial charge is 0.261 e. The number of para-hydroxylation sites is 1. The van der Waals surface area contributed by atoms with Crippen LogP contribution in [0.15, 0.2) is 64.1 Å².